The summed E-state index contributed by atoms with van der Waals surface area (Å²) in [4.78, 5) is 14.8. The molecule has 2 aromatic rings. The third-order valence-electron chi connectivity index (χ3n) is 2.72. The largest absolute Gasteiger partial charge is 0.494 e. The average Bonchev–Trinajstić information content (AvgIpc) is 2.90. The lowest BCUT2D eigenvalue weighted by Gasteiger charge is -2.16. The first kappa shape index (κ1) is 13.5. The number of halogens is 1. The zero-order valence-electron chi connectivity index (χ0n) is 10.7. The number of benzene rings is 1. The van der Waals surface area contributed by atoms with Crippen LogP contribution in [-0.4, -0.2) is 25.0 Å². The van der Waals surface area contributed by atoms with E-state index in [0.717, 1.165) is 4.88 Å². The molecule has 0 aliphatic rings. The minimum atomic E-state index is -0.530. The molecule has 3 nitrogen and oxygen atoms in total. The molecular formula is C14H14FNO2S. The van der Waals surface area contributed by atoms with Crippen molar-refractivity contribution in [3.63, 3.8) is 0 Å². The van der Waals surface area contributed by atoms with Gasteiger partial charge in [0.05, 0.1) is 13.7 Å². The van der Waals surface area contributed by atoms with Crippen LogP contribution >= 0.6 is 11.3 Å². The highest BCUT2D eigenvalue weighted by atomic mass is 32.1. The SMILES string of the molecule is COc1ccc(C(=O)N(C)Cc2cccs2)cc1F. The number of amides is 1. The van der Waals surface area contributed by atoms with Crippen LogP contribution in [0.25, 0.3) is 0 Å². The standard InChI is InChI=1S/C14H14FNO2S/c1-16(9-11-4-3-7-19-11)14(17)10-5-6-13(18-2)12(15)8-10/h3-8H,9H2,1-2H3. The lowest BCUT2D eigenvalue weighted by atomic mass is 10.2. The van der Waals surface area contributed by atoms with E-state index in [1.807, 2.05) is 17.5 Å². The molecule has 0 fully saturated rings. The van der Waals surface area contributed by atoms with E-state index in [0.29, 0.717) is 12.1 Å². The van der Waals surface area contributed by atoms with Crippen molar-refractivity contribution in [2.24, 2.45) is 0 Å². The van der Waals surface area contributed by atoms with Gasteiger partial charge < -0.3 is 9.64 Å². The molecule has 0 aliphatic carbocycles. The Bertz CT molecular complexity index is 569. The molecule has 0 atom stereocenters. The molecule has 1 amide bonds. The first-order valence-electron chi connectivity index (χ1n) is 5.73. The monoisotopic (exact) mass is 279 g/mol. The summed E-state index contributed by atoms with van der Waals surface area (Å²) in [5, 5.41) is 1.96. The van der Waals surface area contributed by atoms with Crippen LogP contribution in [-0.2, 0) is 6.54 Å². The lowest BCUT2D eigenvalue weighted by Crippen LogP contribution is -2.25. The van der Waals surface area contributed by atoms with Crippen molar-refractivity contribution in [2.75, 3.05) is 14.2 Å². The van der Waals surface area contributed by atoms with Gasteiger partial charge in [-0.2, -0.15) is 0 Å². The van der Waals surface area contributed by atoms with Gasteiger partial charge in [-0.1, -0.05) is 6.07 Å². The summed E-state index contributed by atoms with van der Waals surface area (Å²) >= 11 is 1.59. The maximum Gasteiger partial charge on any atom is 0.254 e. The van der Waals surface area contributed by atoms with Gasteiger partial charge in [-0.15, -0.1) is 11.3 Å². The summed E-state index contributed by atoms with van der Waals surface area (Å²) in [5.74, 6) is -0.606. The van der Waals surface area contributed by atoms with Crippen molar-refractivity contribution >= 4 is 17.2 Å². The van der Waals surface area contributed by atoms with Gasteiger partial charge in [-0.05, 0) is 29.6 Å². The van der Waals surface area contributed by atoms with Crippen molar-refractivity contribution in [1.82, 2.24) is 4.90 Å². The zero-order chi connectivity index (χ0) is 13.8. The van der Waals surface area contributed by atoms with Crippen molar-refractivity contribution in [2.45, 2.75) is 6.54 Å². The third-order valence-corrected chi connectivity index (χ3v) is 3.58. The molecule has 100 valence electrons. The van der Waals surface area contributed by atoms with Gasteiger partial charge in [-0.3, -0.25) is 4.79 Å². The second kappa shape index (κ2) is 5.84. The second-order valence-electron chi connectivity index (χ2n) is 4.09. The second-order valence-corrected chi connectivity index (χ2v) is 5.12. The molecule has 0 spiro atoms. The van der Waals surface area contributed by atoms with Crippen LogP contribution in [0.5, 0.6) is 5.75 Å². The zero-order valence-corrected chi connectivity index (χ0v) is 11.5. The molecule has 5 heteroatoms. The van der Waals surface area contributed by atoms with Crippen LogP contribution in [0, 0.1) is 5.82 Å². The van der Waals surface area contributed by atoms with E-state index in [1.54, 1.807) is 29.4 Å². The molecule has 0 radical (unpaired) electrons. The quantitative estimate of drug-likeness (QED) is 0.860. The summed E-state index contributed by atoms with van der Waals surface area (Å²) in [6.45, 7) is 0.518. The van der Waals surface area contributed by atoms with E-state index in [4.69, 9.17) is 4.74 Å². The number of nitrogens with zero attached hydrogens (tertiary/aromatic N) is 1. The van der Waals surface area contributed by atoms with E-state index in [2.05, 4.69) is 0 Å². The highest BCUT2D eigenvalue weighted by Crippen LogP contribution is 2.19. The fourth-order valence-electron chi connectivity index (χ4n) is 1.73. The van der Waals surface area contributed by atoms with Crippen LogP contribution in [0.1, 0.15) is 15.2 Å². The first-order valence-corrected chi connectivity index (χ1v) is 6.61. The van der Waals surface area contributed by atoms with Crippen LogP contribution in [0.2, 0.25) is 0 Å². The summed E-state index contributed by atoms with van der Waals surface area (Å²) in [5.41, 5.74) is 0.317. The number of methoxy groups -OCH3 is 1. The van der Waals surface area contributed by atoms with E-state index in [1.165, 1.54) is 19.2 Å². The Morgan fingerprint density at radius 3 is 2.79 bits per heavy atom. The molecule has 1 heterocycles. The van der Waals surface area contributed by atoms with E-state index in [-0.39, 0.29) is 11.7 Å². The molecule has 1 aromatic carbocycles. The topological polar surface area (TPSA) is 29.5 Å². The lowest BCUT2D eigenvalue weighted by molar-refractivity contribution is 0.0786. The number of carbonyl (C=O) groups excluding carboxylic acids is 1. The Kier molecular flexibility index (Phi) is 4.16. The number of ether oxygens (including phenoxy) is 1. The molecule has 0 saturated heterocycles. The Labute approximate surface area is 115 Å². The Morgan fingerprint density at radius 1 is 1.42 bits per heavy atom. The average molecular weight is 279 g/mol. The van der Waals surface area contributed by atoms with Crippen LogP contribution < -0.4 is 4.74 Å². The number of rotatable bonds is 4. The van der Waals surface area contributed by atoms with Gasteiger partial charge in [0, 0.05) is 17.5 Å². The molecule has 0 unspecified atom stereocenters. The molecule has 0 aliphatic heterocycles. The van der Waals surface area contributed by atoms with E-state index < -0.39 is 5.82 Å². The van der Waals surface area contributed by atoms with Crippen molar-refractivity contribution < 1.29 is 13.9 Å². The number of carbonyl (C=O) groups is 1. The summed E-state index contributed by atoms with van der Waals surface area (Å²) in [6, 6.07) is 8.12. The molecule has 0 bridgehead atoms. The first-order chi connectivity index (χ1) is 9.11. The Hall–Kier alpha value is -1.88. The number of thiophene rings is 1. The summed E-state index contributed by atoms with van der Waals surface area (Å²) in [6.07, 6.45) is 0. The maximum atomic E-state index is 13.6. The highest BCUT2D eigenvalue weighted by Gasteiger charge is 2.14. The van der Waals surface area contributed by atoms with Crippen molar-refractivity contribution in [3.05, 3.63) is 52.0 Å². The normalized spacial score (nSPS) is 10.3. The smallest absolute Gasteiger partial charge is 0.254 e. The highest BCUT2D eigenvalue weighted by molar-refractivity contribution is 7.09. The Morgan fingerprint density at radius 2 is 2.21 bits per heavy atom. The number of hydrogen-bond donors (Lipinski definition) is 0. The van der Waals surface area contributed by atoms with Gasteiger partial charge in [0.1, 0.15) is 0 Å². The van der Waals surface area contributed by atoms with Gasteiger partial charge in [0.2, 0.25) is 0 Å². The maximum absolute atomic E-state index is 13.6. The summed E-state index contributed by atoms with van der Waals surface area (Å²) < 4.78 is 18.4. The fourth-order valence-corrected chi connectivity index (χ4v) is 2.49. The predicted octanol–water partition coefficient (Wildman–Crippen LogP) is 3.17. The van der Waals surface area contributed by atoms with Gasteiger partial charge in [0.25, 0.3) is 5.91 Å². The van der Waals surface area contributed by atoms with Crippen LogP contribution in [0.4, 0.5) is 4.39 Å². The minimum absolute atomic E-state index is 0.137. The molecule has 2 rings (SSSR count). The fraction of sp³-hybridized carbons (Fsp3) is 0.214. The van der Waals surface area contributed by atoms with E-state index in [9.17, 15) is 9.18 Å². The van der Waals surface area contributed by atoms with Crippen LogP contribution in [0.15, 0.2) is 35.7 Å². The summed E-state index contributed by atoms with van der Waals surface area (Å²) in [7, 11) is 3.09. The van der Waals surface area contributed by atoms with Gasteiger partial charge >= 0.3 is 0 Å². The van der Waals surface area contributed by atoms with Crippen molar-refractivity contribution in [3.8, 4) is 5.75 Å². The van der Waals surface area contributed by atoms with Crippen LogP contribution in [0.3, 0.4) is 0 Å². The molecule has 1 aromatic heterocycles. The number of hydrogen-bond acceptors (Lipinski definition) is 3. The van der Waals surface area contributed by atoms with E-state index >= 15 is 0 Å². The van der Waals surface area contributed by atoms with Crippen molar-refractivity contribution in [1.29, 1.82) is 0 Å². The molecular weight excluding hydrogens is 265 g/mol. The van der Waals surface area contributed by atoms with Gasteiger partial charge in [-0.25, -0.2) is 4.39 Å². The molecule has 19 heavy (non-hydrogen) atoms. The Balaban J connectivity index is 2.12. The molecule has 0 saturated carbocycles. The molecule has 0 N–H and O–H groups in total. The third kappa shape index (κ3) is 3.12. The minimum Gasteiger partial charge on any atom is -0.494 e. The van der Waals surface area contributed by atoms with Gasteiger partial charge in [0.15, 0.2) is 11.6 Å². The predicted molar refractivity (Wildman–Crippen MR) is 73.1 cm³/mol.